The zero-order valence-electron chi connectivity index (χ0n) is 11.7. The number of anilines is 1. The zero-order valence-corrected chi connectivity index (χ0v) is 12.5. The van der Waals surface area contributed by atoms with E-state index in [-0.39, 0.29) is 0 Å². The molecular formula is C15H24N2S. The number of hydrogen-bond acceptors (Lipinski definition) is 3. The molecule has 1 fully saturated rings. The van der Waals surface area contributed by atoms with Crippen LogP contribution in [-0.4, -0.2) is 37.7 Å². The van der Waals surface area contributed by atoms with Crippen molar-refractivity contribution in [3.8, 4) is 0 Å². The molecule has 0 spiro atoms. The molecule has 2 rings (SSSR count). The van der Waals surface area contributed by atoms with Crippen LogP contribution in [0.25, 0.3) is 0 Å². The Labute approximate surface area is 115 Å². The molecule has 0 bridgehead atoms. The minimum atomic E-state index is 0.692. The fraction of sp³-hybridized carbons (Fsp3) is 0.600. The van der Waals surface area contributed by atoms with E-state index >= 15 is 0 Å². The summed E-state index contributed by atoms with van der Waals surface area (Å²) in [7, 11) is 2.20. The van der Waals surface area contributed by atoms with Gasteiger partial charge >= 0.3 is 0 Å². The van der Waals surface area contributed by atoms with Crippen LogP contribution in [0.15, 0.2) is 18.2 Å². The minimum Gasteiger partial charge on any atom is -0.375 e. The lowest BCUT2D eigenvalue weighted by atomic mass is 10.1. The summed E-state index contributed by atoms with van der Waals surface area (Å²) in [6.07, 6.45) is 1.23. The molecule has 1 heterocycles. The van der Waals surface area contributed by atoms with Gasteiger partial charge in [0.05, 0.1) is 0 Å². The maximum Gasteiger partial charge on any atom is 0.0368 e. The third kappa shape index (κ3) is 3.92. The Balaban J connectivity index is 1.88. The first kappa shape index (κ1) is 13.8. The lowest BCUT2D eigenvalue weighted by molar-refractivity contribution is 0.530. The number of benzene rings is 1. The minimum absolute atomic E-state index is 0.692. The smallest absolute Gasteiger partial charge is 0.0368 e. The van der Waals surface area contributed by atoms with Gasteiger partial charge in [-0.1, -0.05) is 6.07 Å². The van der Waals surface area contributed by atoms with E-state index in [0.29, 0.717) is 6.04 Å². The second-order valence-electron chi connectivity index (χ2n) is 5.28. The lowest BCUT2D eigenvalue weighted by Crippen LogP contribution is -2.39. The van der Waals surface area contributed by atoms with Crippen LogP contribution in [0.3, 0.4) is 0 Å². The van der Waals surface area contributed by atoms with Crippen LogP contribution in [-0.2, 0) is 0 Å². The predicted molar refractivity (Wildman–Crippen MR) is 82.9 cm³/mol. The first-order chi connectivity index (χ1) is 8.65. The van der Waals surface area contributed by atoms with Crippen LogP contribution in [0.4, 0.5) is 5.69 Å². The van der Waals surface area contributed by atoms with Gasteiger partial charge < -0.3 is 10.2 Å². The summed E-state index contributed by atoms with van der Waals surface area (Å²) in [6, 6.07) is 7.47. The molecule has 1 saturated heterocycles. The van der Waals surface area contributed by atoms with Crippen LogP contribution in [0.2, 0.25) is 0 Å². The zero-order chi connectivity index (χ0) is 13.0. The quantitative estimate of drug-likeness (QED) is 0.900. The van der Waals surface area contributed by atoms with Gasteiger partial charge in [-0.05, 0) is 43.5 Å². The lowest BCUT2D eigenvalue weighted by Gasteiger charge is -2.27. The largest absolute Gasteiger partial charge is 0.375 e. The van der Waals surface area contributed by atoms with Crippen LogP contribution in [0, 0.1) is 13.8 Å². The summed E-state index contributed by atoms with van der Waals surface area (Å²) < 4.78 is 0. The van der Waals surface area contributed by atoms with E-state index in [0.717, 1.165) is 6.54 Å². The number of nitrogens with one attached hydrogen (secondary N) is 1. The fourth-order valence-electron chi connectivity index (χ4n) is 2.45. The Morgan fingerprint density at radius 1 is 1.28 bits per heavy atom. The number of aryl methyl sites for hydroxylation is 2. The molecule has 1 unspecified atom stereocenters. The normalized spacial score (nSPS) is 19.8. The number of nitrogens with zero attached hydrogens (tertiary/aromatic N) is 1. The van der Waals surface area contributed by atoms with Crippen LogP contribution < -0.4 is 10.2 Å². The van der Waals surface area contributed by atoms with Crippen molar-refractivity contribution in [2.75, 3.05) is 36.5 Å². The van der Waals surface area contributed by atoms with Crippen molar-refractivity contribution in [2.45, 2.75) is 26.3 Å². The van der Waals surface area contributed by atoms with Gasteiger partial charge in [0.15, 0.2) is 0 Å². The second-order valence-corrected chi connectivity index (χ2v) is 6.43. The molecule has 0 aliphatic carbocycles. The summed E-state index contributed by atoms with van der Waals surface area (Å²) in [5, 5.41) is 3.60. The van der Waals surface area contributed by atoms with Gasteiger partial charge in [0.25, 0.3) is 0 Å². The highest BCUT2D eigenvalue weighted by Crippen LogP contribution is 2.18. The molecule has 100 valence electrons. The fourth-order valence-corrected chi connectivity index (χ4v) is 3.45. The Morgan fingerprint density at radius 3 is 2.61 bits per heavy atom. The Bertz CT molecular complexity index is 366. The molecule has 0 saturated carbocycles. The van der Waals surface area contributed by atoms with Crippen molar-refractivity contribution in [3.05, 3.63) is 29.3 Å². The molecule has 1 aromatic rings. The Kier molecular flexibility index (Phi) is 4.95. The summed E-state index contributed by atoms with van der Waals surface area (Å²) in [5.74, 6) is 2.53. The first-order valence-corrected chi connectivity index (χ1v) is 7.91. The summed E-state index contributed by atoms with van der Waals surface area (Å²) in [6.45, 7) is 6.64. The maximum atomic E-state index is 3.60. The van der Waals surface area contributed by atoms with Gasteiger partial charge in [-0.3, -0.25) is 0 Å². The van der Waals surface area contributed by atoms with Gasteiger partial charge in [-0.25, -0.2) is 0 Å². The van der Waals surface area contributed by atoms with Crippen LogP contribution in [0.5, 0.6) is 0 Å². The van der Waals surface area contributed by atoms with Crippen molar-refractivity contribution in [2.24, 2.45) is 0 Å². The summed E-state index contributed by atoms with van der Waals surface area (Å²) in [5.41, 5.74) is 4.04. The third-order valence-electron chi connectivity index (χ3n) is 3.46. The molecule has 0 aromatic heterocycles. The molecule has 1 atom stereocenters. The van der Waals surface area contributed by atoms with E-state index in [9.17, 15) is 0 Å². The van der Waals surface area contributed by atoms with Crippen LogP contribution in [0.1, 0.15) is 17.5 Å². The van der Waals surface area contributed by atoms with Gasteiger partial charge in [-0.15, -0.1) is 0 Å². The van der Waals surface area contributed by atoms with Crippen molar-refractivity contribution < 1.29 is 0 Å². The molecule has 18 heavy (non-hydrogen) atoms. The topological polar surface area (TPSA) is 15.3 Å². The van der Waals surface area contributed by atoms with E-state index in [1.807, 2.05) is 0 Å². The van der Waals surface area contributed by atoms with E-state index in [4.69, 9.17) is 0 Å². The van der Waals surface area contributed by atoms with Crippen LogP contribution >= 0.6 is 11.8 Å². The van der Waals surface area contributed by atoms with Gasteiger partial charge in [0, 0.05) is 43.4 Å². The highest BCUT2D eigenvalue weighted by molar-refractivity contribution is 7.99. The molecular weight excluding hydrogens is 240 g/mol. The standard InChI is InChI=1S/C15H24N2S/c1-12-8-13(2)10-15(9-12)17(3)6-4-14-11-18-7-5-16-14/h8-10,14,16H,4-7,11H2,1-3H3. The molecule has 0 amide bonds. The van der Waals surface area contributed by atoms with Crippen molar-refractivity contribution in [3.63, 3.8) is 0 Å². The molecule has 3 heteroatoms. The average Bonchev–Trinajstić information content (AvgIpc) is 2.36. The maximum absolute atomic E-state index is 3.60. The third-order valence-corrected chi connectivity index (χ3v) is 4.59. The Hall–Kier alpha value is -0.670. The Morgan fingerprint density at radius 2 is 2.00 bits per heavy atom. The van der Waals surface area contributed by atoms with Gasteiger partial charge in [-0.2, -0.15) is 11.8 Å². The molecule has 1 aliphatic rings. The summed E-state index contributed by atoms with van der Waals surface area (Å²) in [4.78, 5) is 2.38. The van der Waals surface area contributed by atoms with Gasteiger partial charge in [0.2, 0.25) is 0 Å². The SMILES string of the molecule is Cc1cc(C)cc(N(C)CCC2CSCCN2)c1. The van der Waals surface area contributed by atoms with Gasteiger partial charge in [0.1, 0.15) is 0 Å². The number of rotatable bonds is 4. The molecule has 2 nitrogen and oxygen atoms in total. The molecule has 1 N–H and O–H groups in total. The highest BCUT2D eigenvalue weighted by atomic mass is 32.2. The molecule has 1 aliphatic heterocycles. The summed E-state index contributed by atoms with van der Waals surface area (Å²) >= 11 is 2.07. The highest BCUT2D eigenvalue weighted by Gasteiger charge is 2.13. The van der Waals surface area contributed by atoms with E-state index < -0.39 is 0 Å². The molecule has 1 aromatic carbocycles. The van der Waals surface area contributed by atoms with Crippen molar-refractivity contribution in [1.82, 2.24) is 5.32 Å². The van der Waals surface area contributed by atoms with E-state index in [2.05, 4.69) is 61.1 Å². The predicted octanol–water partition coefficient (Wildman–Crippen LogP) is 2.83. The average molecular weight is 264 g/mol. The second kappa shape index (κ2) is 6.48. The van der Waals surface area contributed by atoms with E-state index in [1.54, 1.807) is 0 Å². The van der Waals surface area contributed by atoms with Crippen molar-refractivity contribution in [1.29, 1.82) is 0 Å². The van der Waals surface area contributed by atoms with Crippen molar-refractivity contribution >= 4 is 17.4 Å². The van der Waals surface area contributed by atoms with E-state index in [1.165, 1.54) is 41.3 Å². The first-order valence-electron chi connectivity index (χ1n) is 6.76. The number of hydrogen-bond donors (Lipinski definition) is 1. The molecule has 0 radical (unpaired) electrons. The number of thioether (sulfide) groups is 1. The monoisotopic (exact) mass is 264 g/mol.